The molecule has 6 nitrogen and oxygen atoms in total. The van der Waals surface area contributed by atoms with Gasteiger partial charge in [0.2, 0.25) is 0 Å². The quantitative estimate of drug-likeness (QED) is 0.771. The van der Waals surface area contributed by atoms with Gasteiger partial charge in [0.25, 0.3) is 5.91 Å². The number of anilines is 1. The number of halogens is 1. The Bertz CT molecular complexity index is 643. The molecule has 0 bridgehead atoms. The molecule has 0 atom stereocenters. The first kappa shape index (κ1) is 17.3. The Morgan fingerprint density at radius 3 is 2.91 bits per heavy atom. The predicted molar refractivity (Wildman–Crippen MR) is 93.3 cm³/mol. The first-order valence-electron chi connectivity index (χ1n) is 7.57. The number of nitrogens with one attached hydrogen (secondary N) is 3. The first-order valence-corrected chi connectivity index (χ1v) is 7.57. The van der Waals surface area contributed by atoms with Gasteiger partial charge < -0.3 is 15.5 Å². The van der Waals surface area contributed by atoms with Gasteiger partial charge in [-0.1, -0.05) is 18.2 Å². The Labute approximate surface area is 142 Å². The number of H-pyrrole nitrogens is 1. The van der Waals surface area contributed by atoms with Gasteiger partial charge >= 0.3 is 0 Å². The lowest BCUT2D eigenvalue weighted by Crippen LogP contribution is -2.34. The van der Waals surface area contributed by atoms with Crippen LogP contribution in [0.5, 0.6) is 0 Å². The minimum atomic E-state index is -0.109. The summed E-state index contributed by atoms with van der Waals surface area (Å²) in [4.78, 5) is 14.4. The minimum Gasteiger partial charge on any atom is -0.373 e. The lowest BCUT2D eigenvalue weighted by molar-refractivity contribution is 0.0948. The Kier molecular flexibility index (Phi) is 6.01. The average Bonchev–Trinajstić information content (AvgIpc) is 2.99. The van der Waals surface area contributed by atoms with E-state index in [4.69, 9.17) is 0 Å². The van der Waals surface area contributed by atoms with Crippen molar-refractivity contribution in [3.63, 3.8) is 0 Å². The van der Waals surface area contributed by atoms with E-state index in [1.165, 1.54) is 0 Å². The number of rotatable bonds is 5. The van der Waals surface area contributed by atoms with Crippen molar-refractivity contribution in [2.45, 2.75) is 13.0 Å². The van der Waals surface area contributed by atoms with Crippen LogP contribution in [0.3, 0.4) is 0 Å². The summed E-state index contributed by atoms with van der Waals surface area (Å²) in [5, 5.41) is 13.3. The van der Waals surface area contributed by atoms with Gasteiger partial charge in [-0.05, 0) is 12.1 Å². The molecule has 1 aliphatic rings. The average molecular weight is 336 g/mol. The molecule has 2 aromatic rings. The van der Waals surface area contributed by atoms with Crippen LogP contribution in [0.1, 0.15) is 21.7 Å². The number of nitrogens with zero attached hydrogens (tertiary/aromatic N) is 2. The maximum absolute atomic E-state index is 12.3. The van der Waals surface area contributed by atoms with Crippen molar-refractivity contribution in [3.8, 4) is 0 Å². The van der Waals surface area contributed by atoms with Crippen molar-refractivity contribution < 1.29 is 4.79 Å². The molecular formula is C16H22ClN5O. The number of aromatic nitrogens is 2. The lowest BCUT2D eigenvalue weighted by Gasteiger charge is -2.19. The zero-order valence-corrected chi connectivity index (χ0v) is 13.9. The molecule has 1 aromatic carbocycles. The molecule has 0 saturated carbocycles. The van der Waals surface area contributed by atoms with Crippen LogP contribution >= 0.6 is 12.4 Å². The van der Waals surface area contributed by atoms with Crippen molar-refractivity contribution in [1.29, 1.82) is 0 Å². The number of amides is 1. The van der Waals surface area contributed by atoms with Crippen molar-refractivity contribution in [3.05, 3.63) is 47.3 Å². The number of benzene rings is 1. The molecule has 0 saturated heterocycles. The summed E-state index contributed by atoms with van der Waals surface area (Å²) < 4.78 is 0. The van der Waals surface area contributed by atoms with Gasteiger partial charge in [-0.2, -0.15) is 5.10 Å². The van der Waals surface area contributed by atoms with Crippen LogP contribution in [-0.4, -0.2) is 42.8 Å². The summed E-state index contributed by atoms with van der Waals surface area (Å²) in [6.07, 6.45) is 0.895. The summed E-state index contributed by atoms with van der Waals surface area (Å²) in [6, 6.07) is 10.1. The normalized spacial score (nSPS) is 12.9. The van der Waals surface area contributed by atoms with Crippen LogP contribution < -0.4 is 15.5 Å². The second-order valence-corrected chi connectivity index (χ2v) is 5.47. The van der Waals surface area contributed by atoms with E-state index in [-0.39, 0.29) is 18.3 Å². The highest BCUT2D eigenvalue weighted by Gasteiger charge is 2.21. The molecule has 3 N–H and O–H groups in total. The molecule has 1 amide bonds. The highest BCUT2D eigenvalue weighted by atomic mass is 35.5. The van der Waals surface area contributed by atoms with Crippen LogP contribution in [0, 0.1) is 0 Å². The van der Waals surface area contributed by atoms with E-state index in [1.54, 1.807) is 0 Å². The fourth-order valence-electron chi connectivity index (χ4n) is 2.65. The van der Waals surface area contributed by atoms with Gasteiger partial charge in [0, 0.05) is 56.6 Å². The Morgan fingerprint density at radius 1 is 1.35 bits per heavy atom. The molecule has 0 fully saturated rings. The fourth-order valence-corrected chi connectivity index (χ4v) is 2.65. The molecule has 0 spiro atoms. The number of hydrogen-bond acceptors (Lipinski definition) is 4. The third-order valence-electron chi connectivity index (χ3n) is 3.95. The summed E-state index contributed by atoms with van der Waals surface area (Å²) in [5.41, 5.74) is 3.73. The first-order chi connectivity index (χ1) is 10.8. The smallest absolute Gasteiger partial charge is 0.272 e. The van der Waals surface area contributed by atoms with Gasteiger partial charge in [-0.25, -0.2) is 0 Å². The largest absolute Gasteiger partial charge is 0.373 e. The van der Waals surface area contributed by atoms with E-state index in [9.17, 15) is 4.79 Å². The van der Waals surface area contributed by atoms with Crippen LogP contribution in [0.15, 0.2) is 30.3 Å². The standard InChI is InChI=1S/C16H21N5O.ClH/c1-21(12-5-3-2-4-6-12)10-9-18-16(22)15-13-11-17-8-7-14(13)19-20-15;/h2-6,17H,7-11H2,1H3,(H,18,22)(H,19,20);1H. The van der Waals surface area contributed by atoms with Gasteiger partial charge in [0.05, 0.1) is 0 Å². The van der Waals surface area contributed by atoms with Gasteiger partial charge in [-0.3, -0.25) is 9.89 Å². The molecule has 7 heteroatoms. The summed E-state index contributed by atoms with van der Waals surface area (Å²) in [6.45, 7) is 2.97. The van der Waals surface area contributed by atoms with E-state index in [2.05, 4.69) is 37.9 Å². The number of para-hydroxylation sites is 1. The summed E-state index contributed by atoms with van der Waals surface area (Å²) >= 11 is 0. The second kappa shape index (κ2) is 7.99. The maximum Gasteiger partial charge on any atom is 0.272 e. The number of likely N-dealkylation sites (N-methyl/N-ethyl adjacent to an activating group) is 1. The molecule has 0 unspecified atom stereocenters. The van der Waals surface area contributed by atoms with Crippen LogP contribution in [0.2, 0.25) is 0 Å². The Morgan fingerprint density at radius 2 is 2.13 bits per heavy atom. The molecule has 23 heavy (non-hydrogen) atoms. The highest BCUT2D eigenvalue weighted by molar-refractivity contribution is 5.94. The minimum absolute atomic E-state index is 0. The molecule has 0 aliphatic carbocycles. The lowest BCUT2D eigenvalue weighted by atomic mass is 10.1. The SMILES string of the molecule is CN(CCNC(=O)c1n[nH]c2c1CNCC2)c1ccccc1.Cl. The van der Waals surface area contributed by atoms with E-state index in [1.807, 2.05) is 25.2 Å². The fraction of sp³-hybridized carbons (Fsp3) is 0.375. The third-order valence-corrected chi connectivity index (χ3v) is 3.95. The molecule has 0 radical (unpaired) electrons. The van der Waals surface area contributed by atoms with Gasteiger partial charge in [-0.15, -0.1) is 12.4 Å². The second-order valence-electron chi connectivity index (χ2n) is 5.47. The molecule has 2 heterocycles. The number of carbonyl (C=O) groups excluding carboxylic acids is 1. The third kappa shape index (κ3) is 4.03. The van der Waals surface area contributed by atoms with Crippen molar-refractivity contribution >= 4 is 24.0 Å². The number of carbonyl (C=O) groups is 1. The number of aromatic amines is 1. The van der Waals surface area contributed by atoms with E-state index in [0.717, 1.165) is 36.5 Å². The van der Waals surface area contributed by atoms with Gasteiger partial charge in [0.1, 0.15) is 0 Å². The van der Waals surface area contributed by atoms with E-state index >= 15 is 0 Å². The zero-order chi connectivity index (χ0) is 15.4. The highest BCUT2D eigenvalue weighted by Crippen LogP contribution is 2.15. The molecule has 1 aliphatic heterocycles. The van der Waals surface area contributed by atoms with Gasteiger partial charge in [0.15, 0.2) is 5.69 Å². The Balaban J connectivity index is 0.00000192. The monoisotopic (exact) mass is 335 g/mol. The van der Waals surface area contributed by atoms with Crippen LogP contribution in [0.4, 0.5) is 5.69 Å². The topological polar surface area (TPSA) is 73.0 Å². The maximum atomic E-state index is 12.3. The van der Waals surface area contributed by atoms with Crippen LogP contribution in [0.25, 0.3) is 0 Å². The summed E-state index contributed by atoms with van der Waals surface area (Å²) in [5.74, 6) is -0.109. The predicted octanol–water partition coefficient (Wildman–Crippen LogP) is 1.34. The zero-order valence-electron chi connectivity index (χ0n) is 13.1. The molecule has 1 aromatic heterocycles. The van der Waals surface area contributed by atoms with Crippen molar-refractivity contribution in [2.75, 3.05) is 31.6 Å². The molecular weight excluding hydrogens is 314 g/mol. The van der Waals surface area contributed by atoms with Crippen molar-refractivity contribution in [2.24, 2.45) is 0 Å². The number of hydrogen-bond donors (Lipinski definition) is 3. The molecule has 124 valence electrons. The molecule has 3 rings (SSSR count). The van der Waals surface area contributed by atoms with E-state index in [0.29, 0.717) is 18.8 Å². The van der Waals surface area contributed by atoms with Crippen LogP contribution in [-0.2, 0) is 13.0 Å². The van der Waals surface area contributed by atoms with Crippen molar-refractivity contribution in [1.82, 2.24) is 20.8 Å². The van der Waals surface area contributed by atoms with E-state index < -0.39 is 0 Å². The Hall–Kier alpha value is -2.05. The number of fused-ring (bicyclic) bond motifs is 1. The summed E-state index contributed by atoms with van der Waals surface area (Å²) in [7, 11) is 2.02.